The zero-order valence-corrected chi connectivity index (χ0v) is 13.5. The Bertz CT molecular complexity index is 523. The van der Waals surface area contributed by atoms with Crippen molar-refractivity contribution < 1.29 is 4.74 Å². The van der Waals surface area contributed by atoms with Gasteiger partial charge in [-0.2, -0.15) is 5.26 Å². The lowest BCUT2D eigenvalue weighted by Gasteiger charge is -2.48. The number of aromatic nitrogens is 1. The van der Waals surface area contributed by atoms with Gasteiger partial charge in [-0.1, -0.05) is 13.3 Å². The Morgan fingerprint density at radius 3 is 2.86 bits per heavy atom. The fourth-order valence-corrected chi connectivity index (χ4v) is 3.91. The molecule has 21 heavy (non-hydrogen) atoms. The molecule has 114 valence electrons. The summed E-state index contributed by atoms with van der Waals surface area (Å²) < 4.78 is 6.13. The first-order valence-electron chi connectivity index (χ1n) is 7.61. The van der Waals surface area contributed by atoms with E-state index in [0.29, 0.717) is 17.5 Å². The Morgan fingerprint density at radius 2 is 2.24 bits per heavy atom. The van der Waals surface area contributed by atoms with Gasteiger partial charge in [0.25, 0.3) is 0 Å². The van der Waals surface area contributed by atoms with Crippen LogP contribution in [0.1, 0.15) is 37.4 Å². The minimum atomic E-state index is -0.322. The van der Waals surface area contributed by atoms with E-state index in [-0.39, 0.29) is 5.60 Å². The number of hydrogen-bond donors (Lipinski definition) is 0. The van der Waals surface area contributed by atoms with Crippen molar-refractivity contribution in [1.82, 2.24) is 9.88 Å². The highest BCUT2D eigenvalue weighted by atomic mass is 16.5. The van der Waals surface area contributed by atoms with Gasteiger partial charge in [0.05, 0.1) is 5.60 Å². The summed E-state index contributed by atoms with van der Waals surface area (Å²) in [5, 5.41) is 9.13. The van der Waals surface area contributed by atoms with E-state index < -0.39 is 0 Å². The second-order valence-electron chi connectivity index (χ2n) is 6.33. The third kappa shape index (κ3) is 2.95. The summed E-state index contributed by atoms with van der Waals surface area (Å²) in [7, 11) is 6.01. The minimum absolute atomic E-state index is 0.322. The Balaban J connectivity index is 2.49. The Labute approximate surface area is 127 Å². The van der Waals surface area contributed by atoms with E-state index in [9.17, 15) is 0 Å². The van der Waals surface area contributed by atoms with E-state index in [1.165, 1.54) is 6.42 Å². The van der Waals surface area contributed by atoms with Gasteiger partial charge in [-0.15, -0.1) is 0 Å². The molecule has 1 fully saturated rings. The molecule has 0 aliphatic heterocycles. The number of methoxy groups -OCH3 is 1. The number of nitrogens with zero attached hydrogens (tertiary/aromatic N) is 3. The second-order valence-corrected chi connectivity index (χ2v) is 6.33. The van der Waals surface area contributed by atoms with Crippen LogP contribution in [0, 0.1) is 23.2 Å². The van der Waals surface area contributed by atoms with Gasteiger partial charge in [0.2, 0.25) is 0 Å². The molecule has 1 aliphatic rings. The van der Waals surface area contributed by atoms with Crippen molar-refractivity contribution in [2.45, 2.75) is 31.8 Å². The fourth-order valence-electron chi connectivity index (χ4n) is 3.91. The number of rotatable bonds is 4. The van der Waals surface area contributed by atoms with Crippen LogP contribution in [0.5, 0.6) is 0 Å². The first-order chi connectivity index (χ1) is 10.0. The molecule has 1 aromatic rings. The molecule has 1 saturated carbocycles. The van der Waals surface area contributed by atoms with Crippen molar-refractivity contribution in [3.05, 3.63) is 29.6 Å². The SMILES string of the molecule is COC1(c2ccnc(C#N)c2)C(C)CCCC1CN(C)C. The molecule has 3 atom stereocenters. The van der Waals surface area contributed by atoms with Crippen LogP contribution in [0.3, 0.4) is 0 Å². The molecular weight excluding hydrogens is 262 g/mol. The van der Waals surface area contributed by atoms with Crippen molar-refractivity contribution in [1.29, 1.82) is 5.26 Å². The molecule has 4 nitrogen and oxygen atoms in total. The number of hydrogen-bond acceptors (Lipinski definition) is 4. The average molecular weight is 287 g/mol. The zero-order valence-electron chi connectivity index (χ0n) is 13.5. The lowest BCUT2D eigenvalue weighted by Crippen LogP contribution is -2.49. The summed E-state index contributed by atoms with van der Waals surface area (Å²) in [4.78, 5) is 6.33. The van der Waals surface area contributed by atoms with Gasteiger partial charge in [0.1, 0.15) is 11.8 Å². The maximum Gasteiger partial charge on any atom is 0.140 e. The largest absolute Gasteiger partial charge is 0.373 e. The van der Waals surface area contributed by atoms with E-state index in [1.807, 2.05) is 12.1 Å². The van der Waals surface area contributed by atoms with Gasteiger partial charge in [0.15, 0.2) is 0 Å². The monoisotopic (exact) mass is 287 g/mol. The van der Waals surface area contributed by atoms with E-state index in [2.05, 4.69) is 37.0 Å². The first kappa shape index (κ1) is 15.9. The number of ether oxygens (including phenoxy) is 1. The topological polar surface area (TPSA) is 49.1 Å². The van der Waals surface area contributed by atoms with Crippen molar-refractivity contribution >= 4 is 0 Å². The average Bonchev–Trinajstić information content (AvgIpc) is 2.47. The van der Waals surface area contributed by atoms with Crippen molar-refractivity contribution in [3.63, 3.8) is 0 Å². The molecule has 1 heterocycles. The lowest BCUT2D eigenvalue weighted by atomic mass is 9.65. The predicted octanol–water partition coefficient (Wildman–Crippen LogP) is 2.79. The number of nitriles is 1. The lowest BCUT2D eigenvalue weighted by molar-refractivity contribution is -0.130. The third-order valence-electron chi connectivity index (χ3n) is 4.78. The molecule has 0 aromatic carbocycles. The summed E-state index contributed by atoms with van der Waals surface area (Å²) in [6.45, 7) is 3.25. The van der Waals surface area contributed by atoms with E-state index in [0.717, 1.165) is 24.9 Å². The highest BCUT2D eigenvalue weighted by Gasteiger charge is 2.47. The maximum atomic E-state index is 9.13. The predicted molar refractivity (Wildman–Crippen MR) is 82.7 cm³/mol. The molecule has 0 bridgehead atoms. The quantitative estimate of drug-likeness (QED) is 0.854. The van der Waals surface area contributed by atoms with Gasteiger partial charge >= 0.3 is 0 Å². The molecule has 0 radical (unpaired) electrons. The summed E-state index contributed by atoms with van der Waals surface area (Å²) in [5.74, 6) is 0.852. The highest BCUT2D eigenvalue weighted by Crippen LogP contribution is 2.48. The molecule has 3 unspecified atom stereocenters. The molecule has 0 amide bonds. The smallest absolute Gasteiger partial charge is 0.140 e. The van der Waals surface area contributed by atoms with Crippen LogP contribution in [0.15, 0.2) is 18.3 Å². The van der Waals surface area contributed by atoms with E-state index in [1.54, 1.807) is 13.3 Å². The molecule has 2 rings (SSSR count). The molecule has 0 saturated heterocycles. The summed E-state index contributed by atoms with van der Waals surface area (Å²) in [6, 6.07) is 6.05. The molecule has 0 N–H and O–H groups in total. The molecule has 1 aliphatic carbocycles. The van der Waals surface area contributed by atoms with Gasteiger partial charge in [-0.05, 0) is 50.6 Å². The Morgan fingerprint density at radius 1 is 1.48 bits per heavy atom. The van der Waals surface area contributed by atoms with Crippen LogP contribution in [-0.2, 0) is 10.3 Å². The van der Waals surface area contributed by atoms with Crippen LogP contribution < -0.4 is 0 Å². The van der Waals surface area contributed by atoms with E-state index in [4.69, 9.17) is 10.00 Å². The van der Waals surface area contributed by atoms with Crippen LogP contribution in [-0.4, -0.2) is 37.6 Å². The highest BCUT2D eigenvalue weighted by molar-refractivity contribution is 5.31. The van der Waals surface area contributed by atoms with Gasteiger partial charge in [0, 0.05) is 25.8 Å². The molecular formula is C17H25N3O. The van der Waals surface area contributed by atoms with E-state index >= 15 is 0 Å². The summed E-state index contributed by atoms with van der Waals surface area (Å²) in [5.41, 5.74) is 1.23. The van der Waals surface area contributed by atoms with Crippen molar-refractivity contribution in [2.75, 3.05) is 27.7 Å². The van der Waals surface area contributed by atoms with Gasteiger partial charge in [-0.25, -0.2) is 4.98 Å². The summed E-state index contributed by atoms with van der Waals surface area (Å²) in [6.07, 6.45) is 5.27. The normalized spacial score (nSPS) is 29.3. The Hall–Kier alpha value is -1.44. The minimum Gasteiger partial charge on any atom is -0.373 e. The zero-order chi connectivity index (χ0) is 15.5. The van der Waals surface area contributed by atoms with Crippen molar-refractivity contribution in [2.24, 2.45) is 11.8 Å². The third-order valence-corrected chi connectivity index (χ3v) is 4.78. The first-order valence-corrected chi connectivity index (χ1v) is 7.61. The molecule has 1 aromatic heterocycles. The summed E-state index contributed by atoms with van der Waals surface area (Å²) >= 11 is 0. The van der Waals surface area contributed by atoms with Gasteiger partial charge in [-0.3, -0.25) is 0 Å². The second kappa shape index (κ2) is 6.55. The van der Waals surface area contributed by atoms with Crippen LogP contribution in [0.4, 0.5) is 0 Å². The maximum absolute atomic E-state index is 9.13. The standard InChI is InChI=1S/C17H25N3O/c1-13-6-5-7-15(12-20(2)3)17(13,21-4)14-8-9-19-16(10-14)11-18/h8-10,13,15H,5-7,12H2,1-4H3. The number of pyridine rings is 1. The fraction of sp³-hybridized carbons (Fsp3) is 0.647. The van der Waals surface area contributed by atoms with Crippen LogP contribution >= 0.6 is 0 Å². The van der Waals surface area contributed by atoms with Gasteiger partial charge < -0.3 is 9.64 Å². The molecule has 0 spiro atoms. The van der Waals surface area contributed by atoms with Crippen LogP contribution in [0.25, 0.3) is 0 Å². The molecule has 4 heteroatoms. The Kier molecular flexibility index (Phi) is 4.97. The van der Waals surface area contributed by atoms with Crippen molar-refractivity contribution in [3.8, 4) is 6.07 Å². The van der Waals surface area contributed by atoms with Crippen LogP contribution in [0.2, 0.25) is 0 Å².